The van der Waals surface area contributed by atoms with Gasteiger partial charge in [0.1, 0.15) is 0 Å². The fourth-order valence-corrected chi connectivity index (χ4v) is 1.06. The first-order valence-electron chi connectivity index (χ1n) is 5.17. The zero-order valence-electron chi connectivity index (χ0n) is 8.77. The Morgan fingerprint density at radius 3 is 2.00 bits per heavy atom. The van der Waals surface area contributed by atoms with E-state index in [1.165, 1.54) is 32.4 Å². The maximum atomic E-state index is 10.2. The van der Waals surface area contributed by atoms with E-state index in [2.05, 4.69) is 10.1 Å². The van der Waals surface area contributed by atoms with Crippen LogP contribution >= 0.6 is 0 Å². The van der Waals surface area contributed by atoms with E-state index in [-0.39, 0.29) is 5.97 Å². The number of piperidine rings is 1. The van der Waals surface area contributed by atoms with Crippen molar-refractivity contribution in [3.05, 3.63) is 0 Å². The SMILES string of the molecule is C1CCNCC1.CCOC(=O)CC. The molecule has 0 aliphatic carbocycles. The third-order valence-electron chi connectivity index (χ3n) is 1.80. The van der Waals surface area contributed by atoms with E-state index in [1.54, 1.807) is 13.8 Å². The number of hydrogen-bond donors (Lipinski definition) is 1. The van der Waals surface area contributed by atoms with E-state index in [0.717, 1.165) is 0 Å². The highest BCUT2D eigenvalue weighted by molar-refractivity contribution is 5.68. The van der Waals surface area contributed by atoms with Gasteiger partial charge in [-0.05, 0) is 32.9 Å². The van der Waals surface area contributed by atoms with Crippen LogP contribution in [0.15, 0.2) is 0 Å². The lowest BCUT2D eigenvalue weighted by Crippen LogP contribution is -2.21. The largest absolute Gasteiger partial charge is 0.466 e. The Bertz CT molecular complexity index is 111. The number of carbonyl (C=O) groups is 1. The Morgan fingerprint density at radius 1 is 1.23 bits per heavy atom. The Balaban J connectivity index is 0.000000223. The molecule has 1 rings (SSSR count). The summed E-state index contributed by atoms with van der Waals surface area (Å²) in [6.07, 6.45) is 4.70. The molecule has 0 unspecified atom stereocenters. The van der Waals surface area contributed by atoms with Gasteiger partial charge in [-0.2, -0.15) is 0 Å². The van der Waals surface area contributed by atoms with Crippen LogP contribution in [0.1, 0.15) is 39.5 Å². The molecule has 3 nitrogen and oxygen atoms in total. The summed E-state index contributed by atoms with van der Waals surface area (Å²) >= 11 is 0. The lowest BCUT2D eigenvalue weighted by molar-refractivity contribution is -0.142. The number of rotatable bonds is 2. The van der Waals surface area contributed by atoms with Crippen molar-refractivity contribution in [2.24, 2.45) is 0 Å². The van der Waals surface area contributed by atoms with Gasteiger partial charge in [-0.3, -0.25) is 4.79 Å². The molecule has 13 heavy (non-hydrogen) atoms. The highest BCUT2D eigenvalue weighted by atomic mass is 16.5. The molecule has 0 radical (unpaired) electrons. The molecule has 1 N–H and O–H groups in total. The third kappa shape index (κ3) is 9.34. The summed E-state index contributed by atoms with van der Waals surface area (Å²) in [4.78, 5) is 10.2. The number of hydrogen-bond acceptors (Lipinski definition) is 3. The van der Waals surface area contributed by atoms with Crippen molar-refractivity contribution >= 4 is 5.97 Å². The summed E-state index contributed by atoms with van der Waals surface area (Å²) in [5.41, 5.74) is 0. The molecule has 0 saturated carbocycles. The van der Waals surface area contributed by atoms with Gasteiger partial charge in [0, 0.05) is 6.42 Å². The molecule has 1 heterocycles. The van der Waals surface area contributed by atoms with Gasteiger partial charge in [-0.15, -0.1) is 0 Å². The maximum Gasteiger partial charge on any atom is 0.305 e. The minimum atomic E-state index is -0.123. The standard InChI is InChI=1S/C5H11N.C5H10O2/c1-2-4-6-5-3-1;1-3-5(6)7-4-2/h6H,1-5H2;3-4H2,1-2H3. The van der Waals surface area contributed by atoms with Gasteiger partial charge in [-0.25, -0.2) is 0 Å². The minimum absolute atomic E-state index is 0.123. The zero-order chi connectivity index (χ0) is 9.94. The van der Waals surface area contributed by atoms with E-state index in [4.69, 9.17) is 0 Å². The molecule has 0 bridgehead atoms. The van der Waals surface area contributed by atoms with Crippen molar-refractivity contribution in [2.45, 2.75) is 39.5 Å². The zero-order valence-corrected chi connectivity index (χ0v) is 8.77. The molecular weight excluding hydrogens is 166 g/mol. The third-order valence-corrected chi connectivity index (χ3v) is 1.80. The quantitative estimate of drug-likeness (QED) is 0.669. The maximum absolute atomic E-state index is 10.2. The molecule has 0 spiro atoms. The Labute approximate surface area is 80.8 Å². The van der Waals surface area contributed by atoms with Crippen LogP contribution in [0.4, 0.5) is 0 Å². The molecule has 0 aromatic carbocycles. The van der Waals surface area contributed by atoms with Crippen LogP contribution in [0.25, 0.3) is 0 Å². The fraction of sp³-hybridized carbons (Fsp3) is 0.900. The Hall–Kier alpha value is -0.570. The van der Waals surface area contributed by atoms with Gasteiger partial charge in [0.15, 0.2) is 0 Å². The summed E-state index contributed by atoms with van der Waals surface area (Å²) in [5.74, 6) is -0.123. The molecule has 3 heteroatoms. The molecule has 1 aliphatic rings. The molecule has 78 valence electrons. The number of esters is 1. The molecule has 0 aromatic heterocycles. The first-order valence-corrected chi connectivity index (χ1v) is 5.17. The van der Waals surface area contributed by atoms with Gasteiger partial charge < -0.3 is 10.1 Å². The summed E-state index contributed by atoms with van der Waals surface area (Å²) in [5, 5.41) is 3.28. The van der Waals surface area contributed by atoms with Crippen molar-refractivity contribution in [1.82, 2.24) is 5.32 Å². The highest BCUT2D eigenvalue weighted by Crippen LogP contribution is 1.96. The topological polar surface area (TPSA) is 38.3 Å². The van der Waals surface area contributed by atoms with E-state index in [9.17, 15) is 4.79 Å². The summed E-state index contributed by atoms with van der Waals surface area (Å²) in [6.45, 7) is 6.57. The summed E-state index contributed by atoms with van der Waals surface area (Å²) < 4.78 is 4.55. The van der Waals surface area contributed by atoms with Crippen LogP contribution in [-0.4, -0.2) is 25.7 Å². The normalized spacial score (nSPS) is 15.5. The van der Waals surface area contributed by atoms with Gasteiger partial charge in [0.2, 0.25) is 0 Å². The second kappa shape index (κ2) is 9.52. The lowest BCUT2D eigenvalue weighted by Gasteiger charge is -2.08. The van der Waals surface area contributed by atoms with Crippen molar-refractivity contribution in [3.63, 3.8) is 0 Å². The van der Waals surface area contributed by atoms with Crippen LogP contribution < -0.4 is 5.32 Å². The summed E-state index contributed by atoms with van der Waals surface area (Å²) in [6, 6.07) is 0. The van der Waals surface area contributed by atoms with Crippen molar-refractivity contribution in [1.29, 1.82) is 0 Å². The molecular formula is C10H21NO2. The lowest BCUT2D eigenvalue weighted by atomic mass is 10.2. The Morgan fingerprint density at radius 2 is 1.85 bits per heavy atom. The second-order valence-corrected chi connectivity index (χ2v) is 2.97. The number of carbonyl (C=O) groups excluding carboxylic acids is 1. The van der Waals surface area contributed by atoms with Gasteiger partial charge in [0.25, 0.3) is 0 Å². The molecule has 1 saturated heterocycles. The average Bonchev–Trinajstić information content (AvgIpc) is 2.22. The molecule has 1 aliphatic heterocycles. The first kappa shape index (κ1) is 12.4. The van der Waals surface area contributed by atoms with Crippen LogP contribution in [-0.2, 0) is 9.53 Å². The predicted molar refractivity (Wildman–Crippen MR) is 53.6 cm³/mol. The molecule has 1 fully saturated rings. The van der Waals surface area contributed by atoms with Crippen LogP contribution in [0.2, 0.25) is 0 Å². The van der Waals surface area contributed by atoms with Crippen molar-refractivity contribution in [3.8, 4) is 0 Å². The van der Waals surface area contributed by atoms with Crippen LogP contribution in [0, 0.1) is 0 Å². The van der Waals surface area contributed by atoms with E-state index < -0.39 is 0 Å². The van der Waals surface area contributed by atoms with Gasteiger partial charge in [0.05, 0.1) is 6.61 Å². The molecule has 0 aromatic rings. The molecule has 0 atom stereocenters. The van der Waals surface area contributed by atoms with Gasteiger partial charge >= 0.3 is 5.97 Å². The van der Waals surface area contributed by atoms with E-state index in [0.29, 0.717) is 13.0 Å². The van der Waals surface area contributed by atoms with Gasteiger partial charge in [-0.1, -0.05) is 13.3 Å². The monoisotopic (exact) mass is 187 g/mol. The number of nitrogens with one attached hydrogen (secondary N) is 1. The minimum Gasteiger partial charge on any atom is -0.466 e. The summed E-state index contributed by atoms with van der Waals surface area (Å²) in [7, 11) is 0. The van der Waals surface area contributed by atoms with Crippen LogP contribution in [0.5, 0.6) is 0 Å². The average molecular weight is 187 g/mol. The van der Waals surface area contributed by atoms with E-state index in [1.807, 2.05) is 0 Å². The van der Waals surface area contributed by atoms with Crippen molar-refractivity contribution in [2.75, 3.05) is 19.7 Å². The fourth-order valence-electron chi connectivity index (χ4n) is 1.06. The van der Waals surface area contributed by atoms with Crippen LogP contribution in [0.3, 0.4) is 0 Å². The van der Waals surface area contributed by atoms with E-state index >= 15 is 0 Å². The predicted octanol–water partition coefficient (Wildman–Crippen LogP) is 1.72. The Kier molecular flexibility index (Phi) is 9.10. The second-order valence-electron chi connectivity index (χ2n) is 2.97. The first-order chi connectivity index (χ1) is 6.31. The highest BCUT2D eigenvalue weighted by Gasteiger charge is 1.93. The number of ether oxygens (including phenoxy) is 1. The van der Waals surface area contributed by atoms with Crippen molar-refractivity contribution < 1.29 is 9.53 Å². The smallest absolute Gasteiger partial charge is 0.305 e. The molecule has 0 amide bonds.